The monoisotopic (exact) mass is 494 g/mol. The van der Waals surface area contributed by atoms with Crippen LogP contribution < -0.4 is 10.6 Å². The van der Waals surface area contributed by atoms with Crippen molar-refractivity contribution in [3.05, 3.63) is 29.8 Å². The highest BCUT2D eigenvalue weighted by atomic mass is 127. The first kappa shape index (κ1) is 23.2. The van der Waals surface area contributed by atoms with Crippen LogP contribution in [0.25, 0.3) is 0 Å². The fourth-order valence-corrected chi connectivity index (χ4v) is 4.34. The zero-order valence-electron chi connectivity index (χ0n) is 15.7. The van der Waals surface area contributed by atoms with E-state index in [9.17, 15) is 8.42 Å². The van der Waals surface area contributed by atoms with Gasteiger partial charge in [-0.05, 0) is 37.0 Å². The standard InChI is InChI=1S/C18H30N4O2S.HI/c1-3-4-12-20-18(19-2)21-15-16-8-10-17(11-9-16)25(23,24)22-13-6-5-7-14-22;/h8-11H,3-7,12-15H2,1-2H3,(H2,19,20,21);1H. The molecule has 0 bridgehead atoms. The quantitative estimate of drug-likeness (QED) is 0.265. The first-order chi connectivity index (χ1) is 12.1. The van der Waals surface area contributed by atoms with E-state index in [1.165, 1.54) is 0 Å². The van der Waals surface area contributed by atoms with Gasteiger partial charge >= 0.3 is 0 Å². The maximum absolute atomic E-state index is 12.6. The van der Waals surface area contributed by atoms with Crippen LogP contribution in [0.5, 0.6) is 0 Å². The largest absolute Gasteiger partial charge is 0.356 e. The Kier molecular flexibility index (Phi) is 10.5. The fourth-order valence-electron chi connectivity index (χ4n) is 2.82. The second-order valence-corrected chi connectivity index (χ2v) is 8.25. The van der Waals surface area contributed by atoms with Crippen molar-refractivity contribution in [2.24, 2.45) is 4.99 Å². The van der Waals surface area contributed by atoms with Crippen LogP contribution in [0.3, 0.4) is 0 Å². The average Bonchev–Trinajstić information content (AvgIpc) is 2.65. The molecule has 0 unspecified atom stereocenters. The van der Waals surface area contributed by atoms with Crippen molar-refractivity contribution >= 4 is 40.0 Å². The van der Waals surface area contributed by atoms with Gasteiger partial charge in [0, 0.05) is 33.2 Å². The fraction of sp³-hybridized carbons (Fsp3) is 0.611. The molecule has 0 aliphatic carbocycles. The van der Waals surface area contributed by atoms with Crippen LogP contribution in [0.1, 0.15) is 44.6 Å². The molecule has 1 aliphatic rings. The third kappa shape index (κ3) is 6.70. The maximum Gasteiger partial charge on any atom is 0.243 e. The molecule has 1 fully saturated rings. The van der Waals surface area contributed by atoms with Gasteiger partial charge in [-0.3, -0.25) is 4.99 Å². The van der Waals surface area contributed by atoms with Crippen molar-refractivity contribution in [1.29, 1.82) is 0 Å². The lowest BCUT2D eigenvalue weighted by molar-refractivity contribution is 0.346. The molecule has 148 valence electrons. The molecule has 0 amide bonds. The van der Waals surface area contributed by atoms with E-state index in [0.717, 1.165) is 50.2 Å². The van der Waals surface area contributed by atoms with Gasteiger partial charge in [-0.25, -0.2) is 8.42 Å². The van der Waals surface area contributed by atoms with Crippen LogP contribution in [-0.2, 0) is 16.6 Å². The Bertz CT molecular complexity index is 656. The SMILES string of the molecule is CCCCNC(=NC)NCc1ccc(S(=O)(=O)N2CCCCC2)cc1.I. The number of nitrogens with one attached hydrogen (secondary N) is 2. The number of halogens is 1. The van der Waals surface area contributed by atoms with Crippen LogP contribution in [0.2, 0.25) is 0 Å². The van der Waals surface area contributed by atoms with E-state index in [2.05, 4.69) is 22.5 Å². The van der Waals surface area contributed by atoms with E-state index in [0.29, 0.717) is 24.5 Å². The van der Waals surface area contributed by atoms with Crippen molar-refractivity contribution in [2.45, 2.75) is 50.5 Å². The number of aliphatic imine (C=N–C) groups is 1. The van der Waals surface area contributed by atoms with Crippen molar-refractivity contribution in [3.8, 4) is 0 Å². The molecule has 26 heavy (non-hydrogen) atoms. The van der Waals surface area contributed by atoms with Crippen LogP contribution in [-0.4, -0.2) is 45.4 Å². The normalized spacial score (nSPS) is 16.0. The molecule has 2 rings (SSSR count). The predicted molar refractivity (Wildman–Crippen MR) is 118 cm³/mol. The van der Waals surface area contributed by atoms with Gasteiger partial charge in [-0.15, -0.1) is 24.0 Å². The molecule has 0 spiro atoms. The summed E-state index contributed by atoms with van der Waals surface area (Å²) in [7, 11) is -1.61. The summed E-state index contributed by atoms with van der Waals surface area (Å²) in [4.78, 5) is 4.56. The second-order valence-electron chi connectivity index (χ2n) is 6.31. The number of unbranched alkanes of at least 4 members (excludes halogenated alkanes) is 1. The zero-order valence-corrected chi connectivity index (χ0v) is 18.8. The first-order valence-corrected chi connectivity index (χ1v) is 10.6. The minimum Gasteiger partial charge on any atom is -0.356 e. The van der Waals surface area contributed by atoms with Gasteiger partial charge in [0.1, 0.15) is 0 Å². The third-order valence-corrected chi connectivity index (χ3v) is 6.30. The van der Waals surface area contributed by atoms with E-state index in [4.69, 9.17) is 0 Å². The van der Waals surface area contributed by atoms with Crippen LogP contribution in [0.4, 0.5) is 0 Å². The molecule has 0 radical (unpaired) electrons. The number of hydrogen-bond donors (Lipinski definition) is 2. The number of nitrogens with zero attached hydrogens (tertiary/aromatic N) is 2. The summed E-state index contributed by atoms with van der Waals surface area (Å²) in [5.74, 6) is 0.762. The maximum atomic E-state index is 12.6. The second kappa shape index (κ2) is 11.8. The van der Waals surface area contributed by atoms with Crippen molar-refractivity contribution in [2.75, 3.05) is 26.7 Å². The van der Waals surface area contributed by atoms with Gasteiger partial charge in [0.2, 0.25) is 10.0 Å². The number of hydrogen-bond acceptors (Lipinski definition) is 3. The number of rotatable bonds is 7. The Hall–Kier alpha value is -0.870. The summed E-state index contributed by atoms with van der Waals surface area (Å²) < 4.78 is 26.9. The Labute approximate surface area is 174 Å². The number of piperidine rings is 1. The lowest BCUT2D eigenvalue weighted by Crippen LogP contribution is -2.37. The topological polar surface area (TPSA) is 73.8 Å². The Morgan fingerprint density at radius 1 is 1.12 bits per heavy atom. The van der Waals surface area contributed by atoms with Gasteiger partial charge in [-0.2, -0.15) is 4.31 Å². The Balaban J connectivity index is 0.00000338. The molecule has 0 saturated carbocycles. The molecular formula is C18H31IN4O2S. The van der Waals surface area contributed by atoms with Crippen molar-refractivity contribution in [3.63, 3.8) is 0 Å². The average molecular weight is 494 g/mol. The van der Waals surface area contributed by atoms with Gasteiger partial charge in [0.15, 0.2) is 5.96 Å². The molecular weight excluding hydrogens is 463 g/mol. The molecule has 0 atom stereocenters. The van der Waals surface area contributed by atoms with Crippen molar-refractivity contribution < 1.29 is 8.42 Å². The van der Waals surface area contributed by atoms with Crippen molar-refractivity contribution in [1.82, 2.24) is 14.9 Å². The summed E-state index contributed by atoms with van der Waals surface area (Å²) in [6.45, 7) is 4.91. The molecule has 1 aromatic rings. The highest BCUT2D eigenvalue weighted by Gasteiger charge is 2.25. The summed E-state index contributed by atoms with van der Waals surface area (Å²) in [5, 5.41) is 6.50. The van der Waals surface area contributed by atoms with E-state index in [-0.39, 0.29) is 24.0 Å². The van der Waals surface area contributed by atoms with E-state index in [1.54, 1.807) is 23.5 Å². The molecule has 1 aliphatic heterocycles. The number of guanidine groups is 1. The van der Waals surface area contributed by atoms with Gasteiger partial charge in [0.25, 0.3) is 0 Å². The van der Waals surface area contributed by atoms with Gasteiger partial charge in [-0.1, -0.05) is 31.9 Å². The molecule has 0 aromatic heterocycles. The molecule has 1 aromatic carbocycles. The van der Waals surface area contributed by atoms with Crippen LogP contribution in [0, 0.1) is 0 Å². The summed E-state index contributed by atoms with van der Waals surface area (Å²) in [6, 6.07) is 7.13. The molecule has 1 heterocycles. The van der Waals surface area contributed by atoms with Crippen LogP contribution >= 0.6 is 24.0 Å². The smallest absolute Gasteiger partial charge is 0.243 e. The third-order valence-electron chi connectivity index (χ3n) is 4.38. The molecule has 2 N–H and O–H groups in total. The molecule has 1 saturated heterocycles. The number of benzene rings is 1. The predicted octanol–water partition coefficient (Wildman–Crippen LogP) is 2.94. The molecule has 8 heteroatoms. The number of sulfonamides is 1. The minimum absolute atomic E-state index is 0. The van der Waals surface area contributed by atoms with Gasteiger partial charge in [0.05, 0.1) is 4.90 Å². The Morgan fingerprint density at radius 2 is 1.77 bits per heavy atom. The van der Waals surface area contributed by atoms with E-state index >= 15 is 0 Å². The highest BCUT2D eigenvalue weighted by Crippen LogP contribution is 2.20. The lowest BCUT2D eigenvalue weighted by atomic mass is 10.2. The first-order valence-electron chi connectivity index (χ1n) is 9.11. The van der Waals surface area contributed by atoms with Gasteiger partial charge < -0.3 is 10.6 Å². The Morgan fingerprint density at radius 3 is 2.35 bits per heavy atom. The summed E-state index contributed by atoms with van der Waals surface area (Å²) >= 11 is 0. The molecule has 6 nitrogen and oxygen atoms in total. The summed E-state index contributed by atoms with van der Waals surface area (Å²) in [5.41, 5.74) is 1.02. The van der Waals surface area contributed by atoms with Crippen LogP contribution in [0.15, 0.2) is 34.2 Å². The summed E-state index contributed by atoms with van der Waals surface area (Å²) in [6.07, 6.45) is 5.25. The zero-order chi connectivity index (χ0) is 18.1. The lowest BCUT2D eigenvalue weighted by Gasteiger charge is -2.25. The van der Waals surface area contributed by atoms with E-state index in [1.807, 2.05) is 12.1 Å². The minimum atomic E-state index is -3.35. The van der Waals surface area contributed by atoms with E-state index < -0.39 is 10.0 Å². The highest BCUT2D eigenvalue weighted by molar-refractivity contribution is 14.0.